The summed E-state index contributed by atoms with van der Waals surface area (Å²) in [7, 11) is 1.63. The van der Waals surface area contributed by atoms with E-state index in [-0.39, 0.29) is 11.8 Å². The first kappa shape index (κ1) is 20.7. The smallest absolute Gasteiger partial charge is 0.221 e. The van der Waals surface area contributed by atoms with E-state index in [1.165, 1.54) is 5.56 Å². The molecule has 7 nitrogen and oxygen atoms in total. The number of aliphatic imine (C=N–C) groups is 1. The standard InChI is InChI=1S/C22H29N5O2/c1-29-20-9-7-19(8-10-20)26-22(24)25-13-16-4-2-5-17(12-16)14-27-11-3-6-18(15-27)21(23)28/h2,4-5,7-10,12,18H,3,6,11,13-15H2,1H3,(H2,23,28)(H3,24,25,26). The average Bonchev–Trinajstić information content (AvgIpc) is 2.73. The third-order valence-corrected chi connectivity index (χ3v) is 5.10. The highest BCUT2D eigenvalue weighted by atomic mass is 16.5. The lowest BCUT2D eigenvalue weighted by atomic mass is 9.97. The number of ether oxygens (including phenoxy) is 1. The fourth-order valence-electron chi connectivity index (χ4n) is 3.55. The zero-order valence-corrected chi connectivity index (χ0v) is 16.8. The summed E-state index contributed by atoms with van der Waals surface area (Å²) in [4.78, 5) is 18.2. The number of carbonyl (C=O) groups is 1. The Bertz CT molecular complexity index is 851. The lowest BCUT2D eigenvalue weighted by molar-refractivity contribution is -0.123. The molecule has 1 heterocycles. The van der Waals surface area contributed by atoms with Crippen LogP contribution in [0, 0.1) is 5.92 Å². The van der Waals surface area contributed by atoms with Crippen LogP contribution in [0.2, 0.25) is 0 Å². The second-order valence-electron chi connectivity index (χ2n) is 7.35. The van der Waals surface area contributed by atoms with Crippen molar-refractivity contribution in [2.24, 2.45) is 22.4 Å². The van der Waals surface area contributed by atoms with Crippen LogP contribution in [-0.2, 0) is 17.9 Å². The first-order chi connectivity index (χ1) is 14.0. The predicted octanol–water partition coefficient (Wildman–Crippen LogP) is 2.32. The molecule has 0 bridgehead atoms. The van der Waals surface area contributed by atoms with Gasteiger partial charge < -0.3 is 21.5 Å². The molecular weight excluding hydrogens is 366 g/mol. The SMILES string of the molecule is COc1ccc(NC(N)=NCc2cccc(CN3CCCC(C(N)=O)C3)c2)cc1. The molecule has 1 atom stereocenters. The summed E-state index contributed by atoms with van der Waals surface area (Å²) in [5.74, 6) is 0.914. The molecule has 0 radical (unpaired) electrons. The zero-order valence-electron chi connectivity index (χ0n) is 16.8. The first-order valence-corrected chi connectivity index (χ1v) is 9.84. The fourth-order valence-corrected chi connectivity index (χ4v) is 3.55. The normalized spacial score (nSPS) is 17.7. The Kier molecular flexibility index (Phi) is 7.08. The number of anilines is 1. The number of likely N-dealkylation sites (tertiary alicyclic amines) is 1. The number of amides is 1. The highest BCUT2D eigenvalue weighted by molar-refractivity contribution is 5.92. The molecule has 1 aliphatic heterocycles. The molecule has 0 saturated carbocycles. The molecule has 7 heteroatoms. The molecule has 1 saturated heterocycles. The van der Waals surface area contributed by atoms with Crippen LogP contribution >= 0.6 is 0 Å². The molecule has 1 unspecified atom stereocenters. The van der Waals surface area contributed by atoms with Crippen LogP contribution in [0.15, 0.2) is 53.5 Å². The number of hydrogen-bond donors (Lipinski definition) is 3. The number of nitrogens with one attached hydrogen (secondary N) is 1. The Morgan fingerprint density at radius 2 is 1.97 bits per heavy atom. The van der Waals surface area contributed by atoms with Crippen molar-refractivity contribution in [1.29, 1.82) is 0 Å². The summed E-state index contributed by atoms with van der Waals surface area (Å²) in [5.41, 5.74) is 14.6. The summed E-state index contributed by atoms with van der Waals surface area (Å²) >= 11 is 0. The number of guanidine groups is 1. The van der Waals surface area contributed by atoms with E-state index in [4.69, 9.17) is 16.2 Å². The van der Waals surface area contributed by atoms with Crippen molar-refractivity contribution < 1.29 is 9.53 Å². The molecule has 1 fully saturated rings. The Hall–Kier alpha value is -3.06. The maximum absolute atomic E-state index is 11.5. The Morgan fingerprint density at radius 3 is 2.69 bits per heavy atom. The van der Waals surface area contributed by atoms with Gasteiger partial charge in [-0.05, 0) is 54.8 Å². The number of piperidine rings is 1. The van der Waals surface area contributed by atoms with E-state index in [1.807, 2.05) is 36.4 Å². The van der Waals surface area contributed by atoms with Crippen molar-refractivity contribution in [3.63, 3.8) is 0 Å². The number of nitrogens with zero attached hydrogens (tertiary/aromatic N) is 2. The summed E-state index contributed by atoms with van der Waals surface area (Å²) in [6.07, 6.45) is 1.90. The van der Waals surface area contributed by atoms with Crippen LogP contribution in [0.1, 0.15) is 24.0 Å². The predicted molar refractivity (Wildman–Crippen MR) is 116 cm³/mol. The molecule has 5 N–H and O–H groups in total. The number of primary amides is 1. The van der Waals surface area contributed by atoms with Gasteiger partial charge >= 0.3 is 0 Å². The van der Waals surface area contributed by atoms with Crippen LogP contribution in [-0.4, -0.2) is 37.0 Å². The minimum Gasteiger partial charge on any atom is -0.497 e. The van der Waals surface area contributed by atoms with E-state index >= 15 is 0 Å². The molecule has 0 aliphatic carbocycles. The van der Waals surface area contributed by atoms with E-state index in [0.717, 1.165) is 49.5 Å². The van der Waals surface area contributed by atoms with Gasteiger partial charge in [-0.1, -0.05) is 24.3 Å². The third kappa shape index (κ3) is 6.22. The highest BCUT2D eigenvalue weighted by Crippen LogP contribution is 2.19. The molecule has 2 aromatic rings. The van der Waals surface area contributed by atoms with Gasteiger partial charge in [0.05, 0.1) is 19.6 Å². The molecule has 29 heavy (non-hydrogen) atoms. The molecular formula is C22H29N5O2. The van der Waals surface area contributed by atoms with E-state index in [2.05, 4.69) is 27.3 Å². The van der Waals surface area contributed by atoms with E-state index in [9.17, 15) is 4.79 Å². The van der Waals surface area contributed by atoms with E-state index in [0.29, 0.717) is 12.5 Å². The van der Waals surface area contributed by atoms with Gasteiger partial charge in [-0.3, -0.25) is 9.69 Å². The number of carbonyl (C=O) groups excluding carboxylic acids is 1. The second-order valence-corrected chi connectivity index (χ2v) is 7.35. The highest BCUT2D eigenvalue weighted by Gasteiger charge is 2.23. The Balaban J connectivity index is 1.56. The summed E-state index contributed by atoms with van der Waals surface area (Å²) < 4.78 is 5.15. The minimum absolute atomic E-state index is 0.0413. The summed E-state index contributed by atoms with van der Waals surface area (Å²) in [6.45, 7) is 3.02. The maximum Gasteiger partial charge on any atom is 0.221 e. The van der Waals surface area contributed by atoms with Crippen molar-refractivity contribution in [1.82, 2.24) is 4.90 Å². The van der Waals surface area contributed by atoms with Crippen molar-refractivity contribution in [2.75, 3.05) is 25.5 Å². The largest absolute Gasteiger partial charge is 0.497 e. The van der Waals surface area contributed by atoms with Gasteiger partial charge in [0.25, 0.3) is 0 Å². The van der Waals surface area contributed by atoms with Gasteiger partial charge in [-0.2, -0.15) is 0 Å². The number of hydrogen-bond acceptors (Lipinski definition) is 4. The van der Waals surface area contributed by atoms with Crippen LogP contribution in [0.4, 0.5) is 5.69 Å². The van der Waals surface area contributed by atoms with Crippen LogP contribution in [0.5, 0.6) is 5.75 Å². The molecule has 1 amide bonds. The number of nitrogens with two attached hydrogens (primary N) is 2. The molecule has 0 spiro atoms. The van der Waals surface area contributed by atoms with Crippen LogP contribution < -0.4 is 21.5 Å². The van der Waals surface area contributed by atoms with Gasteiger partial charge in [0.1, 0.15) is 5.75 Å². The fraction of sp³-hybridized carbons (Fsp3) is 0.364. The lowest BCUT2D eigenvalue weighted by Gasteiger charge is -2.31. The Labute approximate surface area is 171 Å². The van der Waals surface area contributed by atoms with Gasteiger partial charge in [-0.25, -0.2) is 4.99 Å². The minimum atomic E-state index is -0.197. The van der Waals surface area contributed by atoms with Gasteiger partial charge in [0.2, 0.25) is 5.91 Å². The monoisotopic (exact) mass is 395 g/mol. The summed E-state index contributed by atoms with van der Waals surface area (Å²) in [5, 5.41) is 3.08. The van der Waals surface area contributed by atoms with Crippen molar-refractivity contribution >= 4 is 17.6 Å². The molecule has 1 aliphatic rings. The van der Waals surface area contributed by atoms with Crippen LogP contribution in [0.3, 0.4) is 0 Å². The molecule has 0 aromatic heterocycles. The van der Waals surface area contributed by atoms with Crippen molar-refractivity contribution in [3.8, 4) is 5.75 Å². The van der Waals surface area contributed by atoms with E-state index in [1.54, 1.807) is 7.11 Å². The third-order valence-electron chi connectivity index (χ3n) is 5.10. The zero-order chi connectivity index (χ0) is 20.6. The van der Waals surface area contributed by atoms with Crippen molar-refractivity contribution in [2.45, 2.75) is 25.9 Å². The number of benzene rings is 2. The molecule has 154 valence electrons. The summed E-state index contributed by atoms with van der Waals surface area (Å²) in [6, 6.07) is 15.8. The molecule has 2 aromatic carbocycles. The quantitative estimate of drug-likeness (QED) is 0.493. The van der Waals surface area contributed by atoms with Gasteiger partial charge in [0, 0.05) is 18.8 Å². The van der Waals surface area contributed by atoms with Crippen LogP contribution in [0.25, 0.3) is 0 Å². The van der Waals surface area contributed by atoms with Gasteiger partial charge in [-0.15, -0.1) is 0 Å². The van der Waals surface area contributed by atoms with Gasteiger partial charge in [0.15, 0.2) is 5.96 Å². The number of rotatable bonds is 7. The average molecular weight is 396 g/mol. The van der Waals surface area contributed by atoms with Crippen molar-refractivity contribution in [3.05, 3.63) is 59.7 Å². The number of methoxy groups -OCH3 is 1. The maximum atomic E-state index is 11.5. The molecule has 3 rings (SSSR count). The first-order valence-electron chi connectivity index (χ1n) is 9.84. The lowest BCUT2D eigenvalue weighted by Crippen LogP contribution is -2.40. The topological polar surface area (TPSA) is 106 Å². The van der Waals surface area contributed by atoms with E-state index < -0.39 is 0 Å². The Morgan fingerprint density at radius 1 is 1.21 bits per heavy atom. The second kappa shape index (κ2) is 9.93.